The highest BCUT2D eigenvalue weighted by Crippen LogP contribution is 2.15. The van der Waals surface area contributed by atoms with Crippen LogP contribution in [0.15, 0.2) is 78.9 Å². The monoisotopic (exact) mass is 417 g/mol. The summed E-state index contributed by atoms with van der Waals surface area (Å²) in [5.41, 5.74) is 9.78. The molecule has 0 heterocycles. The van der Waals surface area contributed by atoms with Gasteiger partial charge in [0.15, 0.2) is 0 Å². The zero-order valence-corrected chi connectivity index (χ0v) is 17.3. The molecule has 160 valence electrons. The number of nitrogens with one attached hydrogen (secondary N) is 2. The van der Waals surface area contributed by atoms with Crippen LogP contribution in [0.2, 0.25) is 0 Å². The third-order valence-corrected chi connectivity index (χ3v) is 4.78. The van der Waals surface area contributed by atoms with Gasteiger partial charge in [-0.3, -0.25) is 4.79 Å². The Morgan fingerprint density at radius 2 is 1.52 bits per heavy atom. The van der Waals surface area contributed by atoms with E-state index in [1.54, 1.807) is 6.07 Å². The molecule has 0 aliphatic carbocycles. The topological polar surface area (TPSA) is 93.5 Å². The number of nitrogens with two attached hydrogens (primary N) is 1. The second-order valence-electron chi connectivity index (χ2n) is 7.09. The van der Waals surface area contributed by atoms with Crippen molar-refractivity contribution in [3.05, 3.63) is 101 Å². The van der Waals surface area contributed by atoms with Crippen LogP contribution in [0, 0.1) is 0 Å². The third kappa shape index (κ3) is 6.97. The number of carbonyl (C=O) groups excluding carboxylic acids is 2. The number of ether oxygens (including phenoxy) is 1. The van der Waals surface area contributed by atoms with Crippen LogP contribution in [0.3, 0.4) is 0 Å². The van der Waals surface area contributed by atoms with Gasteiger partial charge in [0, 0.05) is 17.8 Å². The fraction of sp³-hybridized carbons (Fsp3) is 0.200. The largest absolute Gasteiger partial charge is 0.445 e. The lowest BCUT2D eigenvalue weighted by molar-refractivity contribution is 0.102. The number of benzene rings is 3. The molecule has 0 aliphatic heterocycles. The maximum Gasteiger partial charge on any atom is 0.407 e. The normalized spacial score (nSPS) is 10.4. The first kappa shape index (κ1) is 22.1. The number of alkyl carbamates (subject to hydrolysis) is 1. The van der Waals surface area contributed by atoms with Crippen LogP contribution in [-0.2, 0) is 24.2 Å². The van der Waals surface area contributed by atoms with E-state index in [0.29, 0.717) is 25.1 Å². The molecule has 0 aliphatic rings. The molecule has 6 nitrogen and oxygen atoms in total. The van der Waals surface area contributed by atoms with E-state index in [1.807, 2.05) is 72.8 Å². The van der Waals surface area contributed by atoms with Gasteiger partial charge in [-0.05, 0) is 54.3 Å². The molecular formula is C25H27N3O3. The maximum atomic E-state index is 12.8. The van der Waals surface area contributed by atoms with Gasteiger partial charge in [-0.15, -0.1) is 0 Å². The van der Waals surface area contributed by atoms with Gasteiger partial charge in [0.25, 0.3) is 5.91 Å². The molecule has 0 bridgehead atoms. The molecular weight excluding hydrogens is 390 g/mol. The zero-order valence-electron chi connectivity index (χ0n) is 17.3. The molecule has 0 unspecified atom stereocenters. The molecule has 0 saturated carbocycles. The van der Waals surface area contributed by atoms with Crippen molar-refractivity contribution in [1.82, 2.24) is 5.32 Å². The van der Waals surface area contributed by atoms with Crippen LogP contribution in [0.25, 0.3) is 0 Å². The second kappa shape index (κ2) is 11.5. The molecule has 2 amide bonds. The van der Waals surface area contributed by atoms with Crippen molar-refractivity contribution in [3.63, 3.8) is 0 Å². The molecule has 3 aromatic carbocycles. The molecule has 0 aromatic heterocycles. The highest BCUT2D eigenvalue weighted by atomic mass is 16.5. The van der Waals surface area contributed by atoms with Crippen molar-refractivity contribution in [1.29, 1.82) is 0 Å². The summed E-state index contributed by atoms with van der Waals surface area (Å²) in [4.78, 5) is 24.7. The first-order chi connectivity index (χ1) is 15.2. The molecule has 4 N–H and O–H groups in total. The zero-order chi connectivity index (χ0) is 21.9. The molecule has 0 saturated heterocycles. The number of rotatable bonds is 9. The van der Waals surface area contributed by atoms with Crippen LogP contribution in [0.1, 0.15) is 27.0 Å². The van der Waals surface area contributed by atoms with E-state index < -0.39 is 6.09 Å². The number of anilines is 1. The summed E-state index contributed by atoms with van der Waals surface area (Å²) in [5.74, 6) is -0.186. The summed E-state index contributed by atoms with van der Waals surface area (Å²) >= 11 is 0. The quantitative estimate of drug-likeness (QED) is 0.492. The lowest BCUT2D eigenvalue weighted by atomic mass is 10.0. The smallest absolute Gasteiger partial charge is 0.407 e. The van der Waals surface area contributed by atoms with Crippen molar-refractivity contribution in [2.75, 3.05) is 18.4 Å². The Balaban J connectivity index is 1.51. The van der Waals surface area contributed by atoms with Gasteiger partial charge in [0.05, 0.1) is 0 Å². The van der Waals surface area contributed by atoms with E-state index in [9.17, 15) is 9.59 Å². The summed E-state index contributed by atoms with van der Waals surface area (Å²) in [7, 11) is 0. The number of hydrogen-bond donors (Lipinski definition) is 3. The van der Waals surface area contributed by atoms with Crippen LogP contribution < -0.4 is 16.4 Å². The lowest BCUT2D eigenvalue weighted by Gasteiger charge is -2.11. The summed E-state index contributed by atoms with van der Waals surface area (Å²) < 4.78 is 5.21. The summed E-state index contributed by atoms with van der Waals surface area (Å²) in [6.07, 6.45) is 0.834. The van der Waals surface area contributed by atoms with E-state index in [-0.39, 0.29) is 12.5 Å². The summed E-state index contributed by atoms with van der Waals surface area (Å²) in [6.45, 7) is 1.17. The van der Waals surface area contributed by atoms with Crippen LogP contribution >= 0.6 is 0 Å². The minimum Gasteiger partial charge on any atom is -0.445 e. The van der Waals surface area contributed by atoms with E-state index in [4.69, 9.17) is 10.5 Å². The predicted octanol–water partition coefficient (Wildman–Crippen LogP) is 3.91. The second-order valence-corrected chi connectivity index (χ2v) is 7.09. The average Bonchev–Trinajstić information content (AvgIpc) is 2.80. The molecule has 3 aromatic rings. The maximum absolute atomic E-state index is 12.8. The third-order valence-electron chi connectivity index (χ3n) is 4.78. The Labute approximate surface area is 182 Å². The lowest BCUT2D eigenvalue weighted by Crippen LogP contribution is -2.27. The fourth-order valence-electron chi connectivity index (χ4n) is 3.15. The van der Waals surface area contributed by atoms with Gasteiger partial charge >= 0.3 is 6.09 Å². The molecule has 31 heavy (non-hydrogen) atoms. The van der Waals surface area contributed by atoms with Crippen molar-refractivity contribution in [2.45, 2.75) is 19.4 Å². The Kier molecular flexibility index (Phi) is 8.20. The van der Waals surface area contributed by atoms with Crippen molar-refractivity contribution < 1.29 is 14.3 Å². The van der Waals surface area contributed by atoms with Crippen molar-refractivity contribution >= 4 is 17.7 Å². The Bertz CT molecular complexity index is 988. The molecule has 6 heteroatoms. The average molecular weight is 418 g/mol. The van der Waals surface area contributed by atoms with Gasteiger partial charge in [-0.1, -0.05) is 60.7 Å². The van der Waals surface area contributed by atoms with Gasteiger partial charge < -0.3 is 21.1 Å². The first-order valence-corrected chi connectivity index (χ1v) is 10.3. The minimum atomic E-state index is -0.483. The molecule has 3 rings (SSSR count). The van der Waals surface area contributed by atoms with Gasteiger partial charge in [-0.25, -0.2) is 4.79 Å². The predicted molar refractivity (Wildman–Crippen MR) is 122 cm³/mol. The SMILES string of the molecule is NCCc1ccc(NC(=O)c2ccccc2CCNC(=O)OCc2ccccc2)cc1. The first-order valence-electron chi connectivity index (χ1n) is 10.3. The molecule has 0 atom stereocenters. The highest BCUT2D eigenvalue weighted by molar-refractivity contribution is 6.05. The highest BCUT2D eigenvalue weighted by Gasteiger charge is 2.12. The number of hydrogen-bond acceptors (Lipinski definition) is 4. The molecule has 0 fully saturated rings. The van der Waals surface area contributed by atoms with Crippen LogP contribution in [0.5, 0.6) is 0 Å². The Morgan fingerprint density at radius 1 is 0.806 bits per heavy atom. The fourth-order valence-corrected chi connectivity index (χ4v) is 3.15. The number of carbonyl (C=O) groups is 2. The van der Waals surface area contributed by atoms with Gasteiger partial charge in [-0.2, -0.15) is 0 Å². The van der Waals surface area contributed by atoms with Gasteiger partial charge in [0.1, 0.15) is 6.61 Å². The van der Waals surface area contributed by atoms with E-state index in [1.165, 1.54) is 0 Å². The van der Waals surface area contributed by atoms with Crippen molar-refractivity contribution in [2.24, 2.45) is 5.73 Å². The van der Waals surface area contributed by atoms with Crippen LogP contribution in [0.4, 0.5) is 10.5 Å². The summed E-state index contributed by atoms with van der Waals surface area (Å²) in [5, 5.41) is 5.66. The van der Waals surface area contributed by atoms with Gasteiger partial charge in [0.2, 0.25) is 0 Å². The van der Waals surface area contributed by atoms with E-state index in [2.05, 4.69) is 10.6 Å². The molecule has 0 radical (unpaired) electrons. The molecule has 0 spiro atoms. The Hall–Kier alpha value is -3.64. The van der Waals surface area contributed by atoms with E-state index >= 15 is 0 Å². The van der Waals surface area contributed by atoms with Crippen LogP contribution in [-0.4, -0.2) is 25.1 Å². The summed E-state index contributed by atoms with van der Waals surface area (Å²) in [6, 6.07) is 24.5. The number of amides is 2. The minimum absolute atomic E-state index is 0.186. The van der Waals surface area contributed by atoms with Crippen molar-refractivity contribution in [3.8, 4) is 0 Å². The standard InChI is InChI=1S/C25H27N3O3/c26-16-14-19-10-12-22(13-11-19)28-24(29)23-9-5-4-8-21(23)15-17-27-25(30)31-18-20-6-2-1-3-7-20/h1-13H,14-18,26H2,(H,27,30)(H,28,29). The Morgan fingerprint density at radius 3 is 2.26 bits per heavy atom. The van der Waals surface area contributed by atoms with E-state index in [0.717, 1.165) is 28.8 Å².